The number of benzene rings is 1. The molecule has 4 aromatic rings. The van der Waals surface area contributed by atoms with Crippen LogP contribution in [-0.4, -0.2) is 32.8 Å². The first-order valence-electron chi connectivity index (χ1n) is 9.55. The molecule has 0 spiro atoms. The Balaban J connectivity index is 1.45. The monoisotopic (exact) mass is 425 g/mol. The molecule has 3 aromatic heterocycles. The second kappa shape index (κ2) is 8.84. The largest absolute Gasteiger partial charge is 0.462 e. The molecule has 0 saturated carbocycles. The second-order valence-corrected chi connectivity index (χ2v) is 8.29. The number of anilines is 1. The van der Waals surface area contributed by atoms with Gasteiger partial charge in [-0.1, -0.05) is 11.8 Å². The summed E-state index contributed by atoms with van der Waals surface area (Å²) in [5.41, 5.74) is 3.31. The molecule has 150 valence electrons. The summed E-state index contributed by atoms with van der Waals surface area (Å²) in [6.07, 6.45) is 1.67. The first kappa shape index (κ1) is 19.7. The zero-order chi connectivity index (χ0) is 20.2. The SMILES string of the molecule is CCN(CC)c1ccc(-c2nnc(SCc3csc(-c4ccco4)n3)n2C)cc1. The third-order valence-corrected chi connectivity index (χ3v) is 6.68. The molecule has 0 N–H and O–H groups in total. The number of furan rings is 1. The van der Waals surface area contributed by atoms with Crippen LogP contribution in [0.5, 0.6) is 0 Å². The molecule has 0 bridgehead atoms. The lowest BCUT2D eigenvalue weighted by Gasteiger charge is -2.21. The third kappa shape index (κ3) is 4.23. The normalized spacial score (nSPS) is 11.1. The molecule has 3 heterocycles. The van der Waals surface area contributed by atoms with E-state index in [4.69, 9.17) is 4.42 Å². The standard InChI is InChI=1S/C21H23N5OS2/c1-4-26(5-2)17-10-8-15(9-11-17)19-23-24-21(25(19)3)29-14-16-13-28-20(22-16)18-7-6-12-27-18/h6-13H,4-5,14H2,1-3H3. The molecule has 8 heteroatoms. The average Bonchev–Trinajstić information content (AvgIpc) is 3.49. The molecular weight excluding hydrogens is 402 g/mol. The summed E-state index contributed by atoms with van der Waals surface area (Å²) in [4.78, 5) is 6.97. The van der Waals surface area contributed by atoms with E-state index >= 15 is 0 Å². The van der Waals surface area contributed by atoms with Gasteiger partial charge >= 0.3 is 0 Å². The molecule has 4 rings (SSSR count). The Bertz CT molecular complexity index is 1050. The molecule has 0 unspecified atom stereocenters. The maximum Gasteiger partial charge on any atom is 0.191 e. The lowest BCUT2D eigenvalue weighted by Crippen LogP contribution is -2.21. The molecule has 0 aliphatic heterocycles. The Morgan fingerprint density at radius 3 is 2.59 bits per heavy atom. The van der Waals surface area contributed by atoms with Gasteiger partial charge in [-0.3, -0.25) is 0 Å². The molecule has 0 amide bonds. The van der Waals surface area contributed by atoms with E-state index in [1.54, 1.807) is 29.4 Å². The van der Waals surface area contributed by atoms with Gasteiger partial charge in [0.25, 0.3) is 0 Å². The molecular formula is C21H23N5OS2. The molecule has 0 fully saturated rings. The summed E-state index contributed by atoms with van der Waals surface area (Å²) < 4.78 is 7.45. The number of thiazole rings is 1. The van der Waals surface area contributed by atoms with Gasteiger partial charge < -0.3 is 13.9 Å². The van der Waals surface area contributed by atoms with Crippen molar-refractivity contribution < 1.29 is 4.42 Å². The zero-order valence-corrected chi connectivity index (χ0v) is 18.3. The minimum Gasteiger partial charge on any atom is -0.462 e. The van der Waals surface area contributed by atoms with Gasteiger partial charge in [0, 0.05) is 42.5 Å². The summed E-state index contributed by atoms with van der Waals surface area (Å²) in [6, 6.07) is 12.3. The first-order chi connectivity index (χ1) is 14.2. The molecule has 6 nitrogen and oxygen atoms in total. The number of hydrogen-bond acceptors (Lipinski definition) is 7. The summed E-state index contributed by atoms with van der Waals surface area (Å²) in [5.74, 6) is 2.41. The zero-order valence-electron chi connectivity index (χ0n) is 16.7. The third-order valence-electron chi connectivity index (χ3n) is 4.72. The van der Waals surface area contributed by atoms with Crippen LogP contribution >= 0.6 is 23.1 Å². The van der Waals surface area contributed by atoms with Gasteiger partial charge in [0.15, 0.2) is 21.7 Å². The fourth-order valence-electron chi connectivity index (χ4n) is 3.13. The van der Waals surface area contributed by atoms with Crippen LogP contribution in [0.2, 0.25) is 0 Å². The van der Waals surface area contributed by atoms with Gasteiger partial charge in [-0.25, -0.2) is 4.98 Å². The van der Waals surface area contributed by atoms with E-state index in [2.05, 4.69) is 63.6 Å². The molecule has 0 aliphatic rings. The summed E-state index contributed by atoms with van der Waals surface area (Å²) >= 11 is 3.23. The molecule has 0 aliphatic carbocycles. The van der Waals surface area contributed by atoms with E-state index in [0.717, 1.165) is 51.8 Å². The Morgan fingerprint density at radius 1 is 1.10 bits per heavy atom. The Labute approximate surface area is 178 Å². The van der Waals surface area contributed by atoms with Gasteiger partial charge in [-0.2, -0.15) is 0 Å². The Kier molecular flexibility index (Phi) is 6.01. The average molecular weight is 426 g/mol. The van der Waals surface area contributed by atoms with E-state index in [1.165, 1.54) is 5.69 Å². The predicted octanol–water partition coefficient (Wildman–Crippen LogP) is 5.34. The molecule has 0 saturated heterocycles. The summed E-state index contributed by atoms with van der Waals surface area (Å²) in [6.45, 7) is 6.34. The Morgan fingerprint density at radius 2 is 1.90 bits per heavy atom. The molecule has 0 atom stereocenters. The lowest BCUT2D eigenvalue weighted by atomic mass is 10.2. The van der Waals surface area contributed by atoms with Crippen LogP contribution in [0, 0.1) is 0 Å². The summed E-state index contributed by atoms with van der Waals surface area (Å²) in [7, 11) is 2.01. The van der Waals surface area contributed by atoms with Crippen LogP contribution in [0.4, 0.5) is 5.69 Å². The van der Waals surface area contributed by atoms with Crippen molar-refractivity contribution in [3.8, 4) is 22.2 Å². The van der Waals surface area contributed by atoms with Gasteiger partial charge in [0.1, 0.15) is 0 Å². The highest BCUT2D eigenvalue weighted by Gasteiger charge is 2.13. The number of hydrogen-bond donors (Lipinski definition) is 0. The Hall–Kier alpha value is -2.58. The summed E-state index contributed by atoms with van der Waals surface area (Å²) in [5, 5.41) is 12.6. The second-order valence-electron chi connectivity index (χ2n) is 6.49. The van der Waals surface area contributed by atoms with Crippen molar-refractivity contribution in [1.29, 1.82) is 0 Å². The van der Waals surface area contributed by atoms with E-state index in [1.807, 2.05) is 23.7 Å². The van der Waals surface area contributed by atoms with Crippen LogP contribution < -0.4 is 4.90 Å². The van der Waals surface area contributed by atoms with Crippen molar-refractivity contribution in [2.75, 3.05) is 18.0 Å². The van der Waals surface area contributed by atoms with Crippen LogP contribution in [0.3, 0.4) is 0 Å². The molecule has 0 radical (unpaired) electrons. The van der Waals surface area contributed by atoms with Crippen molar-refractivity contribution in [3.63, 3.8) is 0 Å². The van der Waals surface area contributed by atoms with Gasteiger partial charge in [-0.05, 0) is 50.2 Å². The number of aromatic nitrogens is 4. The van der Waals surface area contributed by atoms with Crippen molar-refractivity contribution in [3.05, 3.63) is 53.7 Å². The van der Waals surface area contributed by atoms with E-state index in [0.29, 0.717) is 0 Å². The number of thioether (sulfide) groups is 1. The fraction of sp³-hybridized carbons (Fsp3) is 0.286. The van der Waals surface area contributed by atoms with E-state index in [-0.39, 0.29) is 0 Å². The first-order valence-corrected chi connectivity index (χ1v) is 11.4. The van der Waals surface area contributed by atoms with Gasteiger partial charge in [0.2, 0.25) is 0 Å². The van der Waals surface area contributed by atoms with Crippen LogP contribution in [0.1, 0.15) is 19.5 Å². The minimum absolute atomic E-state index is 0.740. The van der Waals surface area contributed by atoms with Crippen molar-refractivity contribution >= 4 is 28.8 Å². The molecule has 1 aromatic carbocycles. The maximum absolute atomic E-state index is 5.42. The molecule has 29 heavy (non-hydrogen) atoms. The highest BCUT2D eigenvalue weighted by atomic mass is 32.2. The van der Waals surface area contributed by atoms with Crippen LogP contribution in [-0.2, 0) is 12.8 Å². The smallest absolute Gasteiger partial charge is 0.191 e. The lowest BCUT2D eigenvalue weighted by molar-refractivity contribution is 0.581. The highest BCUT2D eigenvalue weighted by molar-refractivity contribution is 7.98. The topological polar surface area (TPSA) is 60.0 Å². The maximum atomic E-state index is 5.42. The quantitative estimate of drug-likeness (QED) is 0.355. The minimum atomic E-state index is 0.740. The van der Waals surface area contributed by atoms with Crippen molar-refractivity contribution in [2.24, 2.45) is 7.05 Å². The fourth-order valence-corrected chi connectivity index (χ4v) is 4.82. The van der Waals surface area contributed by atoms with Crippen molar-refractivity contribution in [2.45, 2.75) is 24.8 Å². The van der Waals surface area contributed by atoms with Crippen LogP contribution in [0.15, 0.2) is 57.6 Å². The number of nitrogens with zero attached hydrogens (tertiary/aromatic N) is 5. The van der Waals surface area contributed by atoms with Crippen molar-refractivity contribution in [1.82, 2.24) is 19.7 Å². The number of rotatable bonds is 8. The highest BCUT2D eigenvalue weighted by Crippen LogP contribution is 2.29. The van der Waals surface area contributed by atoms with Crippen LogP contribution in [0.25, 0.3) is 22.2 Å². The van der Waals surface area contributed by atoms with E-state index < -0.39 is 0 Å². The van der Waals surface area contributed by atoms with E-state index in [9.17, 15) is 0 Å². The predicted molar refractivity (Wildman–Crippen MR) is 119 cm³/mol. The van der Waals surface area contributed by atoms with Gasteiger partial charge in [-0.15, -0.1) is 21.5 Å². The van der Waals surface area contributed by atoms with Gasteiger partial charge in [0.05, 0.1) is 12.0 Å².